The molecule has 0 saturated heterocycles. The monoisotopic (exact) mass is 381 g/mol. The maximum Gasteiger partial charge on any atom is 0.276 e. The van der Waals surface area contributed by atoms with Gasteiger partial charge in [0.2, 0.25) is 0 Å². The number of amides is 1. The lowest BCUT2D eigenvalue weighted by Crippen LogP contribution is -2.49. The predicted octanol–water partition coefficient (Wildman–Crippen LogP) is 4.77. The predicted molar refractivity (Wildman–Crippen MR) is 95.5 cm³/mol. The fourth-order valence-electron chi connectivity index (χ4n) is 4.17. The highest BCUT2D eigenvalue weighted by molar-refractivity contribution is 9.10. The molecule has 1 aromatic rings. The fraction of sp³-hybridized carbons (Fsp3) is 0.778. The van der Waals surface area contributed by atoms with Crippen LogP contribution in [0, 0.1) is 0 Å². The largest absolute Gasteiger partial charge is 0.331 e. The van der Waals surface area contributed by atoms with Crippen molar-refractivity contribution in [2.75, 3.05) is 0 Å². The Hall–Kier alpha value is -0.840. The van der Waals surface area contributed by atoms with Crippen LogP contribution in [0.2, 0.25) is 0 Å². The van der Waals surface area contributed by atoms with Crippen molar-refractivity contribution < 1.29 is 4.79 Å². The molecule has 4 nitrogen and oxygen atoms in total. The van der Waals surface area contributed by atoms with E-state index in [-0.39, 0.29) is 5.91 Å². The third kappa shape index (κ3) is 3.81. The highest BCUT2D eigenvalue weighted by atomic mass is 79.9. The Morgan fingerprint density at radius 2 is 1.65 bits per heavy atom. The third-order valence-electron chi connectivity index (χ3n) is 5.41. The molecule has 1 heterocycles. The van der Waals surface area contributed by atoms with Crippen molar-refractivity contribution in [3.63, 3.8) is 0 Å². The van der Waals surface area contributed by atoms with Crippen LogP contribution in [0.3, 0.4) is 0 Å². The van der Waals surface area contributed by atoms with E-state index in [2.05, 4.69) is 25.9 Å². The number of carbonyl (C=O) groups excluding carboxylic acids is 1. The van der Waals surface area contributed by atoms with E-state index in [1.165, 1.54) is 38.5 Å². The van der Waals surface area contributed by atoms with E-state index in [9.17, 15) is 4.79 Å². The van der Waals surface area contributed by atoms with Crippen molar-refractivity contribution in [2.45, 2.75) is 89.8 Å². The van der Waals surface area contributed by atoms with Gasteiger partial charge in [0.05, 0.1) is 4.47 Å². The highest BCUT2D eigenvalue weighted by Crippen LogP contribution is 2.32. The van der Waals surface area contributed by atoms with Gasteiger partial charge in [-0.05, 0) is 48.5 Å². The van der Waals surface area contributed by atoms with Crippen LogP contribution >= 0.6 is 15.9 Å². The minimum atomic E-state index is 0.142. The molecule has 0 aliphatic heterocycles. The zero-order valence-corrected chi connectivity index (χ0v) is 15.7. The van der Waals surface area contributed by atoms with E-state index in [0.29, 0.717) is 17.8 Å². The van der Waals surface area contributed by atoms with Gasteiger partial charge in [-0.15, -0.1) is 0 Å². The SMILES string of the molecule is CCn1cc(Br)c(C(=O)N(C2CCCCC2)C2CCCCC2)n1. The molecule has 1 amide bonds. The summed E-state index contributed by atoms with van der Waals surface area (Å²) in [5.41, 5.74) is 0.600. The quantitative estimate of drug-likeness (QED) is 0.752. The van der Waals surface area contributed by atoms with E-state index >= 15 is 0 Å². The summed E-state index contributed by atoms with van der Waals surface area (Å²) in [5, 5.41) is 4.52. The Bertz CT molecular complexity index is 512. The molecule has 0 N–H and O–H groups in total. The lowest BCUT2D eigenvalue weighted by molar-refractivity contribution is 0.0441. The van der Waals surface area contributed by atoms with Crippen LogP contribution in [0.25, 0.3) is 0 Å². The normalized spacial score (nSPS) is 20.6. The third-order valence-corrected chi connectivity index (χ3v) is 5.99. The van der Waals surface area contributed by atoms with E-state index in [0.717, 1.165) is 36.7 Å². The number of aromatic nitrogens is 2. The van der Waals surface area contributed by atoms with Gasteiger partial charge in [-0.2, -0.15) is 5.10 Å². The Balaban J connectivity index is 1.86. The maximum absolute atomic E-state index is 13.3. The smallest absolute Gasteiger partial charge is 0.276 e. The maximum atomic E-state index is 13.3. The summed E-state index contributed by atoms with van der Waals surface area (Å²) in [4.78, 5) is 15.5. The summed E-state index contributed by atoms with van der Waals surface area (Å²) < 4.78 is 2.68. The Morgan fingerprint density at radius 1 is 1.13 bits per heavy atom. The van der Waals surface area contributed by atoms with Crippen LogP contribution in [-0.2, 0) is 6.54 Å². The molecule has 128 valence electrons. The molecule has 2 aliphatic carbocycles. The van der Waals surface area contributed by atoms with E-state index in [4.69, 9.17) is 0 Å². The van der Waals surface area contributed by atoms with Gasteiger partial charge in [-0.1, -0.05) is 38.5 Å². The summed E-state index contributed by atoms with van der Waals surface area (Å²) in [6.07, 6.45) is 14.2. The average Bonchev–Trinajstić information content (AvgIpc) is 2.98. The van der Waals surface area contributed by atoms with Crippen LogP contribution in [0.15, 0.2) is 10.7 Å². The lowest BCUT2D eigenvalue weighted by atomic mass is 9.88. The van der Waals surface area contributed by atoms with Gasteiger partial charge < -0.3 is 4.90 Å². The lowest BCUT2D eigenvalue weighted by Gasteiger charge is -2.41. The number of halogens is 1. The molecular weight excluding hydrogens is 354 g/mol. The van der Waals surface area contributed by atoms with E-state index < -0.39 is 0 Å². The first-order valence-corrected chi connectivity index (χ1v) is 10.1. The first-order chi connectivity index (χ1) is 11.2. The number of aryl methyl sites for hydroxylation is 1. The first kappa shape index (κ1) is 17.0. The van der Waals surface area contributed by atoms with Crippen LogP contribution in [0.1, 0.15) is 81.6 Å². The molecular formula is C18H28BrN3O. The molecule has 5 heteroatoms. The highest BCUT2D eigenvalue weighted by Gasteiger charge is 2.34. The Kier molecular flexibility index (Phi) is 5.78. The molecule has 23 heavy (non-hydrogen) atoms. The Labute approximate surface area is 147 Å². The second kappa shape index (κ2) is 7.82. The summed E-state index contributed by atoms with van der Waals surface area (Å²) in [5.74, 6) is 0.142. The van der Waals surface area contributed by atoms with Crippen LogP contribution in [0.5, 0.6) is 0 Å². The molecule has 0 unspecified atom stereocenters. The van der Waals surface area contributed by atoms with Gasteiger partial charge in [-0.25, -0.2) is 0 Å². The molecule has 0 spiro atoms. The van der Waals surface area contributed by atoms with Crippen molar-refractivity contribution in [3.05, 3.63) is 16.4 Å². The van der Waals surface area contributed by atoms with E-state index in [1.54, 1.807) is 0 Å². The average molecular weight is 382 g/mol. The topological polar surface area (TPSA) is 38.1 Å². The van der Waals surface area contributed by atoms with Gasteiger partial charge >= 0.3 is 0 Å². The molecule has 0 atom stereocenters. The zero-order valence-electron chi connectivity index (χ0n) is 14.1. The minimum absolute atomic E-state index is 0.142. The second-order valence-corrected chi connectivity index (χ2v) is 7.83. The van der Waals surface area contributed by atoms with Gasteiger partial charge in [0, 0.05) is 24.8 Å². The summed E-state index contributed by atoms with van der Waals surface area (Å²) >= 11 is 3.54. The minimum Gasteiger partial charge on any atom is -0.331 e. The van der Waals surface area contributed by atoms with Gasteiger partial charge in [0.25, 0.3) is 5.91 Å². The van der Waals surface area contributed by atoms with E-state index in [1.807, 2.05) is 17.8 Å². The summed E-state index contributed by atoms with van der Waals surface area (Å²) in [6.45, 7) is 2.84. The van der Waals surface area contributed by atoms with Crippen LogP contribution in [-0.4, -0.2) is 32.7 Å². The van der Waals surface area contributed by atoms with Gasteiger partial charge in [0.15, 0.2) is 5.69 Å². The van der Waals surface area contributed by atoms with Crippen molar-refractivity contribution in [2.24, 2.45) is 0 Å². The standard InChI is InChI=1S/C18H28BrN3O/c1-2-21-13-16(19)17(20-21)18(23)22(14-9-5-3-6-10-14)15-11-7-4-8-12-15/h13-15H,2-12H2,1H3. The number of nitrogens with zero attached hydrogens (tertiary/aromatic N) is 3. The van der Waals surface area contributed by atoms with Crippen molar-refractivity contribution in [1.29, 1.82) is 0 Å². The number of hydrogen-bond donors (Lipinski definition) is 0. The Morgan fingerprint density at radius 3 is 2.09 bits per heavy atom. The number of rotatable bonds is 4. The summed E-state index contributed by atoms with van der Waals surface area (Å²) in [6, 6.07) is 0.830. The molecule has 2 aliphatic rings. The molecule has 3 rings (SSSR count). The number of hydrogen-bond acceptors (Lipinski definition) is 2. The van der Waals surface area contributed by atoms with Crippen molar-refractivity contribution >= 4 is 21.8 Å². The number of carbonyl (C=O) groups is 1. The fourth-order valence-corrected chi connectivity index (χ4v) is 4.66. The van der Waals surface area contributed by atoms with Crippen LogP contribution < -0.4 is 0 Å². The van der Waals surface area contributed by atoms with Crippen molar-refractivity contribution in [1.82, 2.24) is 14.7 Å². The molecule has 2 saturated carbocycles. The summed E-state index contributed by atoms with van der Waals surface area (Å²) in [7, 11) is 0. The molecule has 2 fully saturated rings. The molecule has 0 bridgehead atoms. The first-order valence-electron chi connectivity index (χ1n) is 9.26. The zero-order chi connectivity index (χ0) is 16.2. The molecule has 1 aromatic heterocycles. The second-order valence-electron chi connectivity index (χ2n) is 6.98. The molecule has 0 radical (unpaired) electrons. The molecule has 0 aromatic carbocycles. The van der Waals surface area contributed by atoms with Gasteiger partial charge in [-0.3, -0.25) is 9.48 Å². The van der Waals surface area contributed by atoms with Gasteiger partial charge in [0.1, 0.15) is 0 Å². The van der Waals surface area contributed by atoms with Crippen molar-refractivity contribution in [3.8, 4) is 0 Å². The van der Waals surface area contributed by atoms with Crippen LogP contribution in [0.4, 0.5) is 0 Å².